The number of rotatable bonds is 6. The molecule has 1 aliphatic heterocycles. The van der Waals surface area contributed by atoms with E-state index in [0.717, 1.165) is 25.7 Å². The summed E-state index contributed by atoms with van der Waals surface area (Å²) in [6.45, 7) is 2.00. The van der Waals surface area contributed by atoms with Crippen molar-refractivity contribution in [1.82, 2.24) is 9.80 Å². The fourth-order valence-electron chi connectivity index (χ4n) is 1.74. The normalized spacial score (nSPS) is 17.1. The third kappa shape index (κ3) is 3.67. The van der Waals surface area contributed by atoms with Crippen LogP contribution in [0.2, 0.25) is 0 Å². The van der Waals surface area contributed by atoms with Crippen LogP contribution in [0.4, 0.5) is 0 Å². The van der Waals surface area contributed by atoms with Crippen molar-refractivity contribution < 1.29 is 9.59 Å². The summed E-state index contributed by atoms with van der Waals surface area (Å²) in [5.41, 5.74) is 0. The van der Waals surface area contributed by atoms with E-state index < -0.39 is 0 Å². The minimum absolute atomic E-state index is 0.355. The van der Waals surface area contributed by atoms with Crippen LogP contribution in [0.15, 0.2) is 0 Å². The maximum Gasteiger partial charge on any atom is 0.312 e. The minimum atomic E-state index is -0.382. The first-order valence-corrected chi connectivity index (χ1v) is 6.30. The number of unbranched alkanes of at least 4 members (excludes halogenated alkanes) is 3. The molecule has 2 amide bonds. The van der Waals surface area contributed by atoms with Gasteiger partial charge in [-0.3, -0.25) is 9.59 Å². The zero-order chi connectivity index (χ0) is 12.0. The van der Waals surface area contributed by atoms with Crippen molar-refractivity contribution in [2.75, 3.05) is 32.6 Å². The Hall–Kier alpha value is -0.770. The zero-order valence-electron chi connectivity index (χ0n) is 9.75. The van der Waals surface area contributed by atoms with Crippen molar-refractivity contribution in [3.63, 3.8) is 0 Å². The number of halogens is 1. The molecular weight excluding hydrogens is 228 g/mol. The van der Waals surface area contributed by atoms with Gasteiger partial charge in [0.1, 0.15) is 0 Å². The number of likely N-dealkylation sites (N-methyl/N-ethyl adjacent to an activating group) is 1. The van der Waals surface area contributed by atoms with Crippen molar-refractivity contribution in [3.05, 3.63) is 0 Å². The van der Waals surface area contributed by atoms with E-state index >= 15 is 0 Å². The fraction of sp³-hybridized carbons (Fsp3) is 0.818. The molecule has 5 heteroatoms. The molecule has 0 radical (unpaired) electrons. The summed E-state index contributed by atoms with van der Waals surface area (Å²) < 4.78 is 0. The zero-order valence-corrected chi connectivity index (χ0v) is 10.5. The molecule has 4 nitrogen and oxygen atoms in total. The molecule has 0 spiro atoms. The Morgan fingerprint density at radius 3 is 2.44 bits per heavy atom. The summed E-state index contributed by atoms with van der Waals surface area (Å²) in [5, 5.41) is 0. The van der Waals surface area contributed by atoms with Gasteiger partial charge >= 0.3 is 11.8 Å². The predicted octanol–water partition coefficient (Wildman–Crippen LogP) is 1.09. The Balaban J connectivity index is 2.22. The molecule has 0 aromatic heterocycles. The number of carbonyl (C=O) groups is 2. The van der Waals surface area contributed by atoms with E-state index in [1.54, 1.807) is 11.9 Å². The monoisotopic (exact) mass is 246 g/mol. The molecule has 16 heavy (non-hydrogen) atoms. The van der Waals surface area contributed by atoms with Gasteiger partial charge in [0.15, 0.2) is 0 Å². The summed E-state index contributed by atoms with van der Waals surface area (Å²) in [6, 6.07) is 0. The second-order valence-corrected chi connectivity index (χ2v) is 4.50. The molecule has 0 aliphatic carbocycles. The molecule has 0 unspecified atom stereocenters. The van der Waals surface area contributed by atoms with Gasteiger partial charge in [-0.1, -0.05) is 12.8 Å². The lowest BCUT2D eigenvalue weighted by Crippen LogP contribution is -2.52. The average Bonchev–Trinajstić information content (AvgIpc) is 2.28. The van der Waals surface area contributed by atoms with Gasteiger partial charge in [-0.2, -0.15) is 0 Å². The molecular formula is C11H19ClN2O2. The second kappa shape index (κ2) is 6.74. The van der Waals surface area contributed by atoms with Crippen LogP contribution in [0, 0.1) is 0 Å². The Kier molecular flexibility index (Phi) is 5.60. The van der Waals surface area contributed by atoms with E-state index in [1.807, 2.05) is 0 Å². The first-order valence-electron chi connectivity index (χ1n) is 5.77. The quantitative estimate of drug-likeness (QED) is 0.400. The molecule has 92 valence electrons. The molecule has 0 atom stereocenters. The van der Waals surface area contributed by atoms with Gasteiger partial charge in [0.2, 0.25) is 0 Å². The minimum Gasteiger partial charge on any atom is -0.336 e. The van der Waals surface area contributed by atoms with Crippen LogP contribution in [0.5, 0.6) is 0 Å². The number of hydrogen-bond acceptors (Lipinski definition) is 2. The van der Waals surface area contributed by atoms with Crippen LogP contribution in [0.3, 0.4) is 0 Å². The van der Waals surface area contributed by atoms with E-state index in [0.29, 0.717) is 25.5 Å². The smallest absolute Gasteiger partial charge is 0.312 e. The summed E-state index contributed by atoms with van der Waals surface area (Å²) in [5.74, 6) is -0.0375. The highest BCUT2D eigenvalue weighted by molar-refractivity contribution is 6.35. The number of amides is 2. The van der Waals surface area contributed by atoms with Gasteiger partial charge in [0, 0.05) is 32.6 Å². The SMILES string of the molecule is CN1CCN(CCCCCCCl)C(=O)C1=O. The van der Waals surface area contributed by atoms with E-state index in [4.69, 9.17) is 11.6 Å². The molecule has 0 bridgehead atoms. The topological polar surface area (TPSA) is 40.6 Å². The number of nitrogens with zero attached hydrogens (tertiary/aromatic N) is 2. The highest BCUT2D eigenvalue weighted by Gasteiger charge is 2.29. The molecule has 1 rings (SSSR count). The Bertz CT molecular complexity index is 258. The van der Waals surface area contributed by atoms with Gasteiger partial charge in [-0.25, -0.2) is 0 Å². The molecule has 0 aromatic carbocycles. The lowest BCUT2D eigenvalue weighted by Gasteiger charge is -2.31. The number of hydrogen-bond donors (Lipinski definition) is 0. The van der Waals surface area contributed by atoms with Crippen molar-refractivity contribution in [3.8, 4) is 0 Å². The van der Waals surface area contributed by atoms with Gasteiger partial charge in [0.25, 0.3) is 0 Å². The molecule has 0 N–H and O–H groups in total. The highest BCUT2D eigenvalue weighted by Crippen LogP contribution is 2.07. The van der Waals surface area contributed by atoms with Crippen LogP contribution in [0.25, 0.3) is 0 Å². The predicted molar refractivity (Wildman–Crippen MR) is 63.4 cm³/mol. The number of alkyl halides is 1. The Labute approximate surface area is 102 Å². The second-order valence-electron chi connectivity index (χ2n) is 4.12. The first-order chi connectivity index (χ1) is 7.66. The summed E-state index contributed by atoms with van der Waals surface area (Å²) in [6.07, 6.45) is 4.15. The molecule has 0 aromatic rings. The van der Waals surface area contributed by atoms with Crippen molar-refractivity contribution in [2.45, 2.75) is 25.7 Å². The van der Waals surface area contributed by atoms with Gasteiger partial charge in [0.05, 0.1) is 0 Å². The van der Waals surface area contributed by atoms with Gasteiger partial charge < -0.3 is 9.80 Å². The van der Waals surface area contributed by atoms with Crippen LogP contribution < -0.4 is 0 Å². The van der Waals surface area contributed by atoms with Crippen LogP contribution in [0.1, 0.15) is 25.7 Å². The summed E-state index contributed by atoms with van der Waals surface area (Å²) >= 11 is 5.57. The van der Waals surface area contributed by atoms with Crippen LogP contribution in [-0.2, 0) is 9.59 Å². The largest absolute Gasteiger partial charge is 0.336 e. The molecule has 1 saturated heterocycles. The lowest BCUT2D eigenvalue weighted by atomic mass is 10.2. The van der Waals surface area contributed by atoms with E-state index in [2.05, 4.69) is 0 Å². The van der Waals surface area contributed by atoms with Crippen molar-refractivity contribution in [2.24, 2.45) is 0 Å². The van der Waals surface area contributed by atoms with Crippen LogP contribution in [-0.4, -0.2) is 54.2 Å². The maximum atomic E-state index is 11.6. The number of piperazine rings is 1. The maximum absolute atomic E-state index is 11.6. The standard InChI is InChI=1S/C11H19ClN2O2/c1-13-8-9-14(11(16)10(13)15)7-5-3-2-4-6-12/h2-9H2,1H3. The van der Waals surface area contributed by atoms with Gasteiger partial charge in [-0.15, -0.1) is 11.6 Å². The van der Waals surface area contributed by atoms with E-state index in [9.17, 15) is 9.59 Å². The number of carbonyl (C=O) groups excluding carboxylic acids is 2. The molecule has 1 heterocycles. The van der Waals surface area contributed by atoms with E-state index in [1.165, 1.54) is 4.90 Å². The third-order valence-electron chi connectivity index (χ3n) is 2.83. The van der Waals surface area contributed by atoms with Gasteiger partial charge in [-0.05, 0) is 12.8 Å². The average molecular weight is 247 g/mol. The molecule has 1 aliphatic rings. The van der Waals surface area contributed by atoms with E-state index in [-0.39, 0.29) is 11.8 Å². The summed E-state index contributed by atoms with van der Waals surface area (Å²) in [4.78, 5) is 26.1. The van der Waals surface area contributed by atoms with Crippen molar-refractivity contribution >= 4 is 23.4 Å². The first kappa shape index (κ1) is 13.3. The summed E-state index contributed by atoms with van der Waals surface area (Å²) in [7, 11) is 1.66. The van der Waals surface area contributed by atoms with Crippen molar-refractivity contribution in [1.29, 1.82) is 0 Å². The molecule has 1 fully saturated rings. The lowest BCUT2D eigenvalue weighted by molar-refractivity contribution is -0.154. The Morgan fingerprint density at radius 2 is 1.75 bits per heavy atom. The molecule has 0 saturated carbocycles. The van der Waals surface area contributed by atoms with Crippen LogP contribution >= 0.6 is 11.6 Å². The Morgan fingerprint density at radius 1 is 1.06 bits per heavy atom. The highest BCUT2D eigenvalue weighted by atomic mass is 35.5. The fourth-order valence-corrected chi connectivity index (χ4v) is 1.93. The third-order valence-corrected chi connectivity index (χ3v) is 3.10.